The van der Waals surface area contributed by atoms with Gasteiger partial charge in [0.15, 0.2) is 0 Å². The standard InChI is InChI=1S/C20H24ClNO2S/c1-3-24-19-9-5-4-7-16(19)8-6-14-22-20(23)15(2)25-18-12-10-17(21)11-13-18/h4-5,7,9-13,15H,3,6,8,14H2,1-2H3,(H,22,23)/t15-/m1/s1. The van der Waals surface area contributed by atoms with E-state index in [4.69, 9.17) is 16.3 Å². The van der Waals surface area contributed by atoms with E-state index in [1.165, 1.54) is 17.3 Å². The molecule has 0 aliphatic heterocycles. The van der Waals surface area contributed by atoms with E-state index in [9.17, 15) is 4.79 Å². The van der Waals surface area contributed by atoms with Crippen LogP contribution < -0.4 is 10.1 Å². The molecule has 2 aromatic rings. The van der Waals surface area contributed by atoms with Gasteiger partial charge in [-0.3, -0.25) is 4.79 Å². The predicted octanol–water partition coefficient (Wildman–Crippen LogP) is 4.97. The van der Waals surface area contributed by atoms with E-state index < -0.39 is 0 Å². The van der Waals surface area contributed by atoms with Crippen LogP contribution in [0.4, 0.5) is 0 Å². The summed E-state index contributed by atoms with van der Waals surface area (Å²) in [4.78, 5) is 13.3. The number of aryl methyl sites for hydroxylation is 1. The highest BCUT2D eigenvalue weighted by Crippen LogP contribution is 2.24. The molecule has 5 heteroatoms. The van der Waals surface area contributed by atoms with Crippen LogP contribution in [0.1, 0.15) is 25.8 Å². The predicted molar refractivity (Wildman–Crippen MR) is 106 cm³/mol. The van der Waals surface area contributed by atoms with Crippen molar-refractivity contribution >= 4 is 29.3 Å². The molecule has 0 aromatic heterocycles. The summed E-state index contributed by atoms with van der Waals surface area (Å²) in [6.45, 7) is 5.22. The van der Waals surface area contributed by atoms with Gasteiger partial charge in [-0.15, -0.1) is 11.8 Å². The number of hydrogen-bond donors (Lipinski definition) is 1. The van der Waals surface area contributed by atoms with Gasteiger partial charge in [0, 0.05) is 16.5 Å². The maximum atomic E-state index is 12.2. The molecule has 0 bridgehead atoms. The van der Waals surface area contributed by atoms with E-state index >= 15 is 0 Å². The molecular weight excluding hydrogens is 354 g/mol. The van der Waals surface area contributed by atoms with Crippen molar-refractivity contribution < 1.29 is 9.53 Å². The molecule has 0 heterocycles. The van der Waals surface area contributed by atoms with E-state index in [0.29, 0.717) is 18.2 Å². The van der Waals surface area contributed by atoms with Gasteiger partial charge in [0.2, 0.25) is 5.91 Å². The molecule has 0 spiro atoms. The van der Waals surface area contributed by atoms with Crippen molar-refractivity contribution in [2.45, 2.75) is 36.8 Å². The molecule has 0 unspecified atom stereocenters. The minimum absolute atomic E-state index is 0.0537. The number of carbonyl (C=O) groups excluding carboxylic acids is 1. The zero-order chi connectivity index (χ0) is 18.1. The Bertz CT molecular complexity index is 676. The summed E-state index contributed by atoms with van der Waals surface area (Å²) < 4.78 is 5.63. The number of carbonyl (C=O) groups is 1. The summed E-state index contributed by atoms with van der Waals surface area (Å²) >= 11 is 7.41. The number of ether oxygens (including phenoxy) is 1. The fraction of sp³-hybridized carbons (Fsp3) is 0.350. The molecule has 0 radical (unpaired) electrons. The topological polar surface area (TPSA) is 38.3 Å². The summed E-state index contributed by atoms with van der Waals surface area (Å²) in [5.41, 5.74) is 1.18. The molecule has 25 heavy (non-hydrogen) atoms. The van der Waals surface area contributed by atoms with Crippen molar-refractivity contribution in [1.29, 1.82) is 0 Å². The van der Waals surface area contributed by atoms with Gasteiger partial charge in [0.05, 0.1) is 11.9 Å². The van der Waals surface area contributed by atoms with Crippen LogP contribution in [0.15, 0.2) is 53.4 Å². The van der Waals surface area contributed by atoms with Gasteiger partial charge in [-0.05, 0) is 62.6 Å². The zero-order valence-electron chi connectivity index (χ0n) is 14.6. The van der Waals surface area contributed by atoms with Crippen LogP contribution in [-0.2, 0) is 11.2 Å². The van der Waals surface area contributed by atoms with Crippen LogP contribution >= 0.6 is 23.4 Å². The molecule has 134 valence electrons. The van der Waals surface area contributed by atoms with Crippen LogP contribution in [0.5, 0.6) is 5.75 Å². The van der Waals surface area contributed by atoms with Gasteiger partial charge < -0.3 is 10.1 Å². The summed E-state index contributed by atoms with van der Waals surface area (Å²) in [5, 5.41) is 3.57. The third kappa shape index (κ3) is 6.63. The third-order valence-electron chi connectivity index (χ3n) is 3.69. The van der Waals surface area contributed by atoms with E-state index in [2.05, 4.69) is 11.4 Å². The first-order chi connectivity index (χ1) is 12.1. The first kappa shape index (κ1) is 19.7. The molecule has 1 atom stereocenters. The number of rotatable bonds is 9. The maximum Gasteiger partial charge on any atom is 0.233 e. The number of para-hydroxylation sites is 1. The van der Waals surface area contributed by atoms with Crippen molar-refractivity contribution in [2.75, 3.05) is 13.2 Å². The second-order valence-corrected chi connectivity index (χ2v) is 7.50. The van der Waals surface area contributed by atoms with Gasteiger partial charge in [-0.1, -0.05) is 29.8 Å². The van der Waals surface area contributed by atoms with Crippen LogP contribution in [0.3, 0.4) is 0 Å². The number of thioether (sulfide) groups is 1. The number of hydrogen-bond acceptors (Lipinski definition) is 3. The fourth-order valence-electron chi connectivity index (χ4n) is 2.41. The number of halogens is 1. The van der Waals surface area contributed by atoms with Gasteiger partial charge >= 0.3 is 0 Å². The molecule has 0 fully saturated rings. The minimum atomic E-state index is -0.142. The lowest BCUT2D eigenvalue weighted by Gasteiger charge is -2.13. The molecule has 2 aromatic carbocycles. The molecule has 0 aliphatic rings. The van der Waals surface area contributed by atoms with Crippen molar-refractivity contribution in [3.63, 3.8) is 0 Å². The first-order valence-corrected chi connectivity index (χ1v) is 9.76. The Morgan fingerprint density at radius 2 is 1.92 bits per heavy atom. The molecule has 1 amide bonds. The average molecular weight is 378 g/mol. The second-order valence-electron chi connectivity index (χ2n) is 5.65. The Labute approximate surface area is 159 Å². The molecule has 0 saturated carbocycles. The van der Waals surface area contributed by atoms with Gasteiger partial charge in [-0.25, -0.2) is 0 Å². The Kier molecular flexibility index (Phi) is 8.16. The summed E-state index contributed by atoms with van der Waals surface area (Å²) in [7, 11) is 0. The van der Waals surface area contributed by atoms with Crippen LogP contribution in [-0.4, -0.2) is 24.3 Å². The number of amides is 1. The molecule has 2 rings (SSSR count). The number of benzene rings is 2. The van der Waals surface area contributed by atoms with Crippen molar-refractivity contribution in [2.24, 2.45) is 0 Å². The largest absolute Gasteiger partial charge is 0.494 e. The SMILES string of the molecule is CCOc1ccccc1CCCNC(=O)[C@@H](C)Sc1ccc(Cl)cc1. The maximum absolute atomic E-state index is 12.2. The average Bonchev–Trinajstić information content (AvgIpc) is 2.62. The zero-order valence-corrected chi connectivity index (χ0v) is 16.2. The lowest BCUT2D eigenvalue weighted by atomic mass is 10.1. The molecule has 0 aliphatic carbocycles. The Morgan fingerprint density at radius 3 is 2.64 bits per heavy atom. The smallest absolute Gasteiger partial charge is 0.233 e. The molecule has 3 nitrogen and oxygen atoms in total. The van der Waals surface area contributed by atoms with Gasteiger partial charge in [0.25, 0.3) is 0 Å². The highest BCUT2D eigenvalue weighted by molar-refractivity contribution is 8.00. The Morgan fingerprint density at radius 1 is 1.20 bits per heavy atom. The third-order valence-corrected chi connectivity index (χ3v) is 5.05. The second kappa shape index (κ2) is 10.4. The van der Waals surface area contributed by atoms with E-state index in [-0.39, 0.29) is 11.2 Å². The van der Waals surface area contributed by atoms with Crippen LogP contribution in [0.2, 0.25) is 5.02 Å². The summed E-state index contributed by atoms with van der Waals surface area (Å²) in [6, 6.07) is 15.6. The quantitative estimate of drug-likeness (QED) is 0.495. The fourth-order valence-corrected chi connectivity index (χ4v) is 3.43. The molecular formula is C20H24ClNO2S. The molecule has 0 saturated heterocycles. The molecule has 1 N–H and O–H groups in total. The minimum Gasteiger partial charge on any atom is -0.494 e. The van der Waals surface area contributed by atoms with E-state index in [0.717, 1.165) is 23.5 Å². The van der Waals surface area contributed by atoms with Gasteiger partial charge in [-0.2, -0.15) is 0 Å². The van der Waals surface area contributed by atoms with Crippen molar-refractivity contribution in [3.8, 4) is 5.75 Å². The van der Waals surface area contributed by atoms with Crippen molar-refractivity contribution in [3.05, 3.63) is 59.1 Å². The Hall–Kier alpha value is -1.65. The highest BCUT2D eigenvalue weighted by Gasteiger charge is 2.13. The first-order valence-electron chi connectivity index (χ1n) is 8.50. The lowest BCUT2D eigenvalue weighted by molar-refractivity contribution is -0.120. The van der Waals surface area contributed by atoms with E-state index in [1.54, 1.807) is 0 Å². The van der Waals surface area contributed by atoms with Gasteiger partial charge in [0.1, 0.15) is 5.75 Å². The summed E-state index contributed by atoms with van der Waals surface area (Å²) in [5.74, 6) is 0.987. The highest BCUT2D eigenvalue weighted by atomic mass is 35.5. The van der Waals surface area contributed by atoms with Crippen LogP contribution in [0.25, 0.3) is 0 Å². The normalized spacial score (nSPS) is 11.8. The van der Waals surface area contributed by atoms with E-state index in [1.807, 2.05) is 56.3 Å². The Balaban J connectivity index is 1.74. The van der Waals surface area contributed by atoms with Crippen LogP contribution in [0, 0.1) is 0 Å². The monoisotopic (exact) mass is 377 g/mol. The summed E-state index contributed by atoms with van der Waals surface area (Å²) in [6.07, 6.45) is 1.77. The lowest BCUT2D eigenvalue weighted by Crippen LogP contribution is -2.31. The van der Waals surface area contributed by atoms with Crippen molar-refractivity contribution in [1.82, 2.24) is 5.32 Å². The number of nitrogens with one attached hydrogen (secondary N) is 1.